The van der Waals surface area contributed by atoms with E-state index in [0.717, 1.165) is 24.2 Å². The van der Waals surface area contributed by atoms with Crippen LogP contribution in [0.25, 0.3) is 22.3 Å². The highest BCUT2D eigenvalue weighted by Gasteiger charge is 2.13. The molecule has 0 spiro atoms. The van der Waals surface area contributed by atoms with E-state index in [1.165, 1.54) is 31.0 Å². The monoisotopic (exact) mass is 508 g/mol. The molecule has 9 nitrogen and oxygen atoms in total. The molecule has 2 N–H and O–H groups in total. The van der Waals surface area contributed by atoms with Crippen molar-refractivity contribution < 1.29 is 4.79 Å². The molecule has 0 aliphatic carbocycles. The maximum absolute atomic E-state index is 12.3. The van der Waals surface area contributed by atoms with Gasteiger partial charge in [0.1, 0.15) is 11.2 Å². The molecule has 0 saturated carbocycles. The molecule has 38 heavy (non-hydrogen) atoms. The van der Waals surface area contributed by atoms with E-state index < -0.39 is 0 Å². The van der Waals surface area contributed by atoms with Crippen molar-refractivity contribution in [2.24, 2.45) is 0 Å². The summed E-state index contributed by atoms with van der Waals surface area (Å²) >= 11 is 0. The fourth-order valence-corrected chi connectivity index (χ4v) is 4.43. The van der Waals surface area contributed by atoms with Crippen LogP contribution in [0, 0.1) is 0 Å². The van der Waals surface area contributed by atoms with E-state index in [9.17, 15) is 4.79 Å². The average Bonchev–Trinajstić information content (AvgIpc) is 2.93. The first kappa shape index (κ1) is 25.3. The molecule has 1 aromatic carbocycles. The molecule has 4 aromatic rings. The van der Waals surface area contributed by atoms with Gasteiger partial charge in [-0.25, -0.2) is 9.97 Å². The topological polar surface area (TPSA) is 99.2 Å². The number of nitrogens with one attached hydrogen (secondary N) is 2. The van der Waals surface area contributed by atoms with Gasteiger partial charge in [-0.15, -0.1) is 0 Å². The van der Waals surface area contributed by atoms with Crippen LogP contribution in [-0.4, -0.2) is 64.5 Å². The first-order valence-electron chi connectivity index (χ1n) is 12.9. The molecule has 4 heterocycles. The van der Waals surface area contributed by atoms with Gasteiger partial charge in [-0.1, -0.05) is 6.08 Å². The number of piperidine rings is 1. The Morgan fingerprint density at radius 1 is 0.974 bits per heavy atom. The molecule has 0 radical (unpaired) electrons. The number of anilines is 4. The molecule has 1 saturated heterocycles. The number of rotatable bonds is 8. The van der Waals surface area contributed by atoms with Crippen LogP contribution in [0.15, 0.2) is 73.2 Å². The Hall–Kier alpha value is -4.37. The summed E-state index contributed by atoms with van der Waals surface area (Å²) in [6, 6.07) is 13.8. The Kier molecular flexibility index (Phi) is 7.84. The molecule has 3 aromatic heterocycles. The minimum absolute atomic E-state index is 0.199. The first-order valence-corrected chi connectivity index (χ1v) is 12.9. The van der Waals surface area contributed by atoms with E-state index in [2.05, 4.69) is 54.8 Å². The lowest BCUT2D eigenvalue weighted by Crippen LogP contribution is -2.29. The summed E-state index contributed by atoms with van der Waals surface area (Å²) in [5.41, 5.74) is 4.70. The van der Waals surface area contributed by atoms with E-state index in [4.69, 9.17) is 4.98 Å². The van der Waals surface area contributed by atoms with E-state index in [-0.39, 0.29) is 5.91 Å². The molecule has 1 fully saturated rings. The van der Waals surface area contributed by atoms with Crippen molar-refractivity contribution in [1.29, 1.82) is 0 Å². The highest BCUT2D eigenvalue weighted by molar-refractivity contribution is 6.00. The Morgan fingerprint density at radius 3 is 2.55 bits per heavy atom. The zero-order chi connectivity index (χ0) is 26.3. The third kappa shape index (κ3) is 6.30. The number of fused-ring (bicyclic) bond motifs is 1. The summed E-state index contributed by atoms with van der Waals surface area (Å²) in [5, 5.41) is 7.05. The van der Waals surface area contributed by atoms with Crippen molar-refractivity contribution in [3.05, 3.63) is 73.2 Å². The number of pyridine rings is 2. The zero-order valence-corrected chi connectivity index (χ0v) is 21.8. The number of hydrogen-bond acceptors (Lipinski definition) is 8. The summed E-state index contributed by atoms with van der Waals surface area (Å²) in [6.45, 7) is 2.92. The molecule has 0 atom stereocenters. The summed E-state index contributed by atoms with van der Waals surface area (Å²) in [6.07, 6.45) is 12.3. The molecule has 194 valence electrons. The quantitative estimate of drug-likeness (QED) is 0.325. The highest BCUT2D eigenvalue weighted by Crippen LogP contribution is 2.27. The molecular weight excluding hydrogens is 476 g/mol. The van der Waals surface area contributed by atoms with Gasteiger partial charge in [0.2, 0.25) is 11.9 Å². The van der Waals surface area contributed by atoms with Gasteiger partial charge >= 0.3 is 0 Å². The number of likely N-dealkylation sites (N-methyl/N-ethyl adjacent to an activating group) is 1. The van der Waals surface area contributed by atoms with Gasteiger partial charge in [0.25, 0.3) is 0 Å². The standard InChI is InChI=1S/C29H32N8O/c1-36(2)16-6-7-26(38)33-23-13-15-30-25(19-23)28-27-21(12-14-31-28)20-32-29(35-27)34-22-8-10-24(11-9-22)37-17-4-3-5-18-37/h6-15,19-20H,3-5,16-18H2,1-2H3,(H,30,33,38)(H,32,34,35)/b7-6+. The summed E-state index contributed by atoms with van der Waals surface area (Å²) in [4.78, 5) is 35.0. The first-order chi connectivity index (χ1) is 18.5. The largest absolute Gasteiger partial charge is 0.372 e. The van der Waals surface area contributed by atoms with Crippen LogP contribution in [0.2, 0.25) is 0 Å². The maximum Gasteiger partial charge on any atom is 0.248 e. The predicted molar refractivity (Wildman–Crippen MR) is 153 cm³/mol. The smallest absolute Gasteiger partial charge is 0.248 e. The van der Waals surface area contributed by atoms with Crippen LogP contribution in [0.1, 0.15) is 19.3 Å². The molecule has 0 bridgehead atoms. The van der Waals surface area contributed by atoms with Crippen LogP contribution in [0.5, 0.6) is 0 Å². The van der Waals surface area contributed by atoms with Crippen LogP contribution in [0.3, 0.4) is 0 Å². The maximum atomic E-state index is 12.3. The van der Waals surface area contributed by atoms with E-state index in [0.29, 0.717) is 35.1 Å². The fourth-order valence-electron chi connectivity index (χ4n) is 4.43. The number of carbonyl (C=O) groups is 1. The fraction of sp³-hybridized carbons (Fsp3) is 0.276. The molecule has 1 amide bonds. The number of hydrogen-bond donors (Lipinski definition) is 2. The van der Waals surface area contributed by atoms with Gasteiger partial charge in [-0.2, -0.15) is 0 Å². The van der Waals surface area contributed by atoms with Crippen LogP contribution >= 0.6 is 0 Å². The minimum Gasteiger partial charge on any atom is -0.372 e. The van der Waals surface area contributed by atoms with Crippen molar-refractivity contribution in [2.75, 3.05) is 49.3 Å². The number of benzene rings is 1. The minimum atomic E-state index is -0.199. The van der Waals surface area contributed by atoms with Gasteiger partial charge in [-0.05, 0) is 75.8 Å². The van der Waals surface area contributed by atoms with E-state index in [1.54, 1.807) is 30.7 Å². The van der Waals surface area contributed by atoms with Crippen molar-refractivity contribution in [3.8, 4) is 11.4 Å². The molecule has 1 aliphatic rings. The van der Waals surface area contributed by atoms with Crippen LogP contribution < -0.4 is 15.5 Å². The SMILES string of the molecule is CN(C)C/C=C/C(=O)Nc1ccnc(-c2nccc3cnc(Nc4ccc(N5CCCCC5)cc4)nc23)c1. The van der Waals surface area contributed by atoms with Gasteiger partial charge in [-0.3, -0.25) is 14.8 Å². The molecule has 5 rings (SSSR count). The predicted octanol–water partition coefficient (Wildman–Crippen LogP) is 4.88. The summed E-state index contributed by atoms with van der Waals surface area (Å²) < 4.78 is 0. The molecule has 9 heteroatoms. The summed E-state index contributed by atoms with van der Waals surface area (Å²) in [7, 11) is 3.90. The second-order valence-electron chi connectivity index (χ2n) is 9.59. The van der Waals surface area contributed by atoms with Crippen molar-refractivity contribution in [3.63, 3.8) is 0 Å². The van der Waals surface area contributed by atoms with Gasteiger partial charge < -0.3 is 20.4 Å². The second-order valence-corrected chi connectivity index (χ2v) is 9.59. The van der Waals surface area contributed by atoms with Gasteiger partial charge in [0.15, 0.2) is 0 Å². The number of aromatic nitrogens is 4. The Labute approximate surface area is 222 Å². The summed E-state index contributed by atoms with van der Waals surface area (Å²) in [5.74, 6) is 0.281. The molecule has 1 aliphatic heterocycles. The van der Waals surface area contributed by atoms with Crippen LogP contribution in [0.4, 0.5) is 23.0 Å². The third-order valence-corrected chi connectivity index (χ3v) is 6.35. The lowest BCUT2D eigenvalue weighted by atomic mass is 10.1. The Balaban J connectivity index is 1.35. The average molecular weight is 509 g/mol. The zero-order valence-electron chi connectivity index (χ0n) is 21.8. The lowest BCUT2D eigenvalue weighted by Gasteiger charge is -2.28. The van der Waals surface area contributed by atoms with E-state index >= 15 is 0 Å². The number of nitrogens with zero attached hydrogens (tertiary/aromatic N) is 6. The van der Waals surface area contributed by atoms with E-state index in [1.807, 2.05) is 31.1 Å². The third-order valence-electron chi connectivity index (χ3n) is 6.35. The lowest BCUT2D eigenvalue weighted by molar-refractivity contribution is -0.111. The normalized spacial score (nSPS) is 13.8. The van der Waals surface area contributed by atoms with Crippen molar-refractivity contribution >= 4 is 39.8 Å². The Bertz CT molecular complexity index is 1430. The molecule has 0 unspecified atom stereocenters. The van der Waals surface area contributed by atoms with Gasteiger partial charge in [0, 0.05) is 66.7 Å². The van der Waals surface area contributed by atoms with Crippen molar-refractivity contribution in [1.82, 2.24) is 24.8 Å². The number of amides is 1. The number of carbonyl (C=O) groups excluding carboxylic acids is 1. The Morgan fingerprint density at radius 2 is 1.76 bits per heavy atom. The molecular formula is C29H32N8O. The highest BCUT2D eigenvalue weighted by atomic mass is 16.1. The van der Waals surface area contributed by atoms with Gasteiger partial charge in [0.05, 0.1) is 5.69 Å². The van der Waals surface area contributed by atoms with Crippen LogP contribution in [-0.2, 0) is 4.79 Å². The van der Waals surface area contributed by atoms with Crippen molar-refractivity contribution in [2.45, 2.75) is 19.3 Å². The second kappa shape index (κ2) is 11.8.